The first-order valence-electron chi connectivity index (χ1n) is 11.1. The predicted octanol–water partition coefficient (Wildman–Crippen LogP) is 3.19. The van der Waals surface area contributed by atoms with Crippen LogP contribution in [0.3, 0.4) is 0 Å². The van der Waals surface area contributed by atoms with Gasteiger partial charge in [-0.2, -0.15) is 4.31 Å². The van der Waals surface area contributed by atoms with Gasteiger partial charge < -0.3 is 15.2 Å². The molecule has 8 nitrogen and oxygen atoms in total. The summed E-state index contributed by atoms with van der Waals surface area (Å²) in [7, 11) is -3.80. The first-order chi connectivity index (χ1) is 16.4. The van der Waals surface area contributed by atoms with Gasteiger partial charge in [0.2, 0.25) is 15.9 Å². The molecule has 1 fully saturated rings. The minimum atomic E-state index is -3.80. The summed E-state index contributed by atoms with van der Waals surface area (Å²) < 4.78 is 29.0. The molecule has 2 heterocycles. The van der Waals surface area contributed by atoms with E-state index in [0.29, 0.717) is 11.3 Å². The van der Waals surface area contributed by atoms with Gasteiger partial charge >= 0.3 is 0 Å². The molecule has 5 rings (SSSR count). The van der Waals surface area contributed by atoms with Gasteiger partial charge in [0.1, 0.15) is 0 Å². The number of nitrogens with one attached hydrogen (secondary N) is 2. The van der Waals surface area contributed by atoms with E-state index < -0.39 is 10.0 Å². The number of nitrogens with zero attached hydrogens (tertiary/aromatic N) is 2. The first kappa shape index (κ1) is 22.1. The number of carbonyl (C=O) groups is 2. The summed E-state index contributed by atoms with van der Waals surface area (Å²) >= 11 is 0. The third kappa shape index (κ3) is 3.82. The molecule has 0 bridgehead atoms. The van der Waals surface area contributed by atoms with Crippen LogP contribution in [0, 0.1) is 0 Å². The standard InChI is InChI=1S/C25H24N4O4S/c1-2-29-22-6-4-3-5-20(22)21-15-18(9-12-23(21)29)27-25(31)17-7-10-19(11-8-17)34(32,33)28-14-13-26-24(30)16-28/h3-12,15H,2,13-14,16H2,1H3,(H,26,30)(H,27,31). The second-order valence-corrected chi connectivity index (χ2v) is 10.1. The average Bonchev–Trinajstić information content (AvgIpc) is 3.17. The Morgan fingerprint density at radius 1 is 1.00 bits per heavy atom. The normalized spacial score (nSPS) is 14.9. The fraction of sp³-hybridized carbons (Fsp3) is 0.200. The lowest BCUT2D eigenvalue weighted by Gasteiger charge is -2.25. The van der Waals surface area contributed by atoms with E-state index in [0.717, 1.165) is 32.7 Å². The Labute approximate surface area is 197 Å². The lowest BCUT2D eigenvalue weighted by molar-refractivity contribution is -0.122. The number of fused-ring (bicyclic) bond motifs is 3. The van der Waals surface area contributed by atoms with Crippen LogP contribution in [-0.4, -0.2) is 48.7 Å². The van der Waals surface area contributed by atoms with Gasteiger partial charge in [-0.25, -0.2) is 8.42 Å². The van der Waals surface area contributed by atoms with Gasteiger partial charge in [0.05, 0.1) is 11.4 Å². The number of aromatic nitrogens is 1. The summed E-state index contributed by atoms with van der Waals surface area (Å²) in [6, 6.07) is 19.7. The fourth-order valence-electron chi connectivity index (χ4n) is 4.42. The van der Waals surface area contributed by atoms with E-state index >= 15 is 0 Å². The summed E-state index contributed by atoms with van der Waals surface area (Å²) in [6.07, 6.45) is 0. The van der Waals surface area contributed by atoms with Crippen molar-refractivity contribution in [3.8, 4) is 0 Å². The third-order valence-electron chi connectivity index (χ3n) is 6.10. The maximum Gasteiger partial charge on any atom is 0.255 e. The van der Waals surface area contributed by atoms with Crippen LogP contribution in [0.15, 0.2) is 71.6 Å². The summed E-state index contributed by atoms with van der Waals surface area (Å²) in [5.74, 6) is -0.662. The number of carbonyl (C=O) groups excluding carboxylic acids is 2. The number of para-hydroxylation sites is 1. The van der Waals surface area contributed by atoms with E-state index in [4.69, 9.17) is 0 Å². The molecule has 174 valence electrons. The van der Waals surface area contributed by atoms with Crippen LogP contribution in [0.5, 0.6) is 0 Å². The number of benzene rings is 3. The molecule has 9 heteroatoms. The SMILES string of the molecule is CCn1c2ccccc2c2cc(NC(=O)c3ccc(S(=O)(=O)N4CCNC(=O)C4)cc3)ccc21. The highest BCUT2D eigenvalue weighted by Crippen LogP contribution is 2.31. The molecule has 0 radical (unpaired) electrons. The van der Waals surface area contributed by atoms with Crippen molar-refractivity contribution in [2.75, 3.05) is 25.0 Å². The highest BCUT2D eigenvalue weighted by atomic mass is 32.2. The molecule has 0 unspecified atom stereocenters. The van der Waals surface area contributed by atoms with Gasteiger partial charge in [-0.3, -0.25) is 9.59 Å². The molecular weight excluding hydrogens is 452 g/mol. The summed E-state index contributed by atoms with van der Waals surface area (Å²) in [6.45, 7) is 3.23. The zero-order valence-corrected chi connectivity index (χ0v) is 19.4. The molecule has 0 atom stereocenters. The average molecular weight is 477 g/mol. The van der Waals surface area contributed by atoms with Gasteiger partial charge in [-0.15, -0.1) is 0 Å². The van der Waals surface area contributed by atoms with Crippen molar-refractivity contribution in [2.45, 2.75) is 18.4 Å². The minimum Gasteiger partial charge on any atom is -0.354 e. The van der Waals surface area contributed by atoms with E-state index in [2.05, 4.69) is 34.3 Å². The van der Waals surface area contributed by atoms with Crippen LogP contribution in [0.1, 0.15) is 17.3 Å². The molecule has 34 heavy (non-hydrogen) atoms. The number of hydrogen-bond acceptors (Lipinski definition) is 4. The van der Waals surface area contributed by atoms with Crippen LogP contribution >= 0.6 is 0 Å². The topological polar surface area (TPSA) is 101 Å². The van der Waals surface area contributed by atoms with E-state index in [-0.39, 0.29) is 36.3 Å². The number of hydrogen-bond donors (Lipinski definition) is 2. The quantitative estimate of drug-likeness (QED) is 0.462. The molecule has 1 aliphatic rings. The zero-order valence-electron chi connectivity index (χ0n) is 18.6. The highest BCUT2D eigenvalue weighted by Gasteiger charge is 2.29. The van der Waals surface area contributed by atoms with Gasteiger partial charge in [-0.1, -0.05) is 18.2 Å². The van der Waals surface area contributed by atoms with Crippen molar-refractivity contribution in [2.24, 2.45) is 0 Å². The van der Waals surface area contributed by atoms with E-state index in [9.17, 15) is 18.0 Å². The second kappa shape index (κ2) is 8.58. The third-order valence-corrected chi connectivity index (χ3v) is 7.96. The van der Waals surface area contributed by atoms with Crippen molar-refractivity contribution in [3.63, 3.8) is 0 Å². The second-order valence-electron chi connectivity index (χ2n) is 8.16. The number of piperazine rings is 1. The van der Waals surface area contributed by atoms with Crippen LogP contribution in [-0.2, 0) is 21.4 Å². The summed E-state index contributed by atoms with van der Waals surface area (Å²) in [4.78, 5) is 24.5. The Balaban J connectivity index is 1.38. The lowest BCUT2D eigenvalue weighted by atomic mass is 10.1. The maximum atomic E-state index is 12.9. The van der Waals surface area contributed by atoms with Gasteiger partial charge in [-0.05, 0) is 55.5 Å². The largest absolute Gasteiger partial charge is 0.354 e. The molecule has 0 aliphatic carbocycles. The molecule has 1 aromatic heterocycles. The van der Waals surface area contributed by atoms with Crippen molar-refractivity contribution in [1.82, 2.24) is 14.2 Å². The van der Waals surface area contributed by atoms with E-state index in [1.54, 1.807) is 0 Å². The molecule has 2 amide bonds. The van der Waals surface area contributed by atoms with Crippen molar-refractivity contribution in [1.29, 1.82) is 0 Å². The smallest absolute Gasteiger partial charge is 0.255 e. The Kier molecular flexibility index (Phi) is 5.59. The van der Waals surface area contributed by atoms with Crippen molar-refractivity contribution >= 4 is 49.3 Å². The number of sulfonamides is 1. The van der Waals surface area contributed by atoms with Crippen molar-refractivity contribution in [3.05, 3.63) is 72.3 Å². The fourth-order valence-corrected chi connectivity index (χ4v) is 5.82. The summed E-state index contributed by atoms with van der Waals surface area (Å²) in [5.41, 5.74) is 3.24. The monoisotopic (exact) mass is 476 g/mol. The van der Waals surface area contributed by atoms with Crippen molar-refractivity contribution < 1.29 is 18.0 Å². The highest BCUT2D eigenvalue weighted by molar-refractivity contribution is 7.89. The lowest BCUT2D eigenvalue weighted by Crippen LogP contribution is -2.49. The van der Waals surface area contributed by atoms with Gasteiger partial charge in [0, 0.05) is 52.7 Å². The summed E-state index contributed by atoms with van der Waals surface area (Å²) in [5, 5.41) is 7.70. The molecule has 2 N–H and O–H groups in total. The molecule has 0 saturated carbocycles. The van der Waals surface area contributed by atoms with Crippen LogP contribution < -0.4 is 10.6 Å². The molecular formula is C25H24N4O4S. The zero-order chi connectivity index (χ0) is 23.9. The number of anilines is 1. The predicted molar refractivity (Wildman–Crippen MR) is 131 cm³/mol. The Morgan fingerprint density at radius 3 is 2.47 bits per heavy atom. The molecule has 0 spiro atoms. The Bertz CT molecular complexity index is 1520. The van der Waals surface area contributed by atoms with Gasteiger partial charge in [0.25, 0.3) is 5.91 Å². The van der Waals surface area contributed by atoms with Gasteiger partial charge in [0.15, 0.2) is 0 Å². The van der Waals surface area contributed by atoms with Crippen LogP contribution in [0.25, 0.3) is 21.8 Å². The number of aryl methyl sites for hydroxylation is 1. The van der Waals surface area contributed by atoms with E-state index in [1.165, 1.54) is 24.3 Å². The molecule has 1 saturated heterocycles. The molecule has 1 aliphatic heterocycles. The van der Waals surface area contributed by atoms with E-state index in [1.807, 2.05) is 30.3 Å². The Hall–Kier alpha value is -3.69. The minimum absolute atomic E-state index is 0.0487. The molecule has 4 aromatic rings. The van der Waals surface area contributed by atoms with Crippen LogP contribution in [0.4, 0.5) is 5.69 Å². The molecule has 3 aromatic carbocycles. The first-order valence-corrected chi connectivity index (χ1v) is 12.5. The van der Waals surface area contributed by atoms with Crippen LogP contribution in [0.2, 0.25) is 0 Å². The number of rotatable bonds is 5. The number of amides is 2. The Morgan fingerprint density at radius 2 is 1.74 bits per heavy atom. The maximum absolute atomic E-state index is 12.9.